The zero-order valence-corrected chi connectivity index (χ0v) is 11.7. The maximum atomic E-state index is 12.0. The molecule has 6 heteroatoms. The second-order valence-corrected chi connectivity index (χ2v) is 5.41. The lowest BCUT2D eigenvalue weighted by Crippen LogP contribution is -2.27. The number of nitrogens with zero attached hydrogens (tertiary/aromatic N) is 1. The molecule has 2 N–H and O–H groups in total. The van der Waals surface area contributed by atoms with Crippen LogP contribution >= 0.6 is 11.3 Å². The van der Waals surface area contributed by atoms with Crippen molar-refractivity contribution in [2.24, 2.45) is 5.92 Å². The first-order valence-electron chi connectivity index (χ1n) is 6.17. The summed E-state index contributed by atoms with van der Waals surface area (Å²) in [6.45, 7) is 4.64. The van der Waals surface area contributed by atoms with Gasteiger partial charge in [-0.15, -0.1) is 11.3 Å². The van der Waals surface area contributed by atoms with E-state index < -0.39 is 0 Å². The van der Waals surface area contributed by atoms with Crippen LogP contribution < -0.4 is 10.6 Å². The van der Waals surface area contributed by atoms with E-state index in [0.717, 1.165) is 12.1 Å². The number of aromatic nitrogens is 1. The van der Waals surface area contributed by atoms with Gasteiger partial charge in [-0.1, -0.05) is 0 Å². The van der Waals surface area contributed by atoms with Gasteiger partial charge in [-0.3, -0.25) is 4.79 Å². The van der Waals surface area contributed by atoms with Crippen molar-refractivity contribution >= 4 is 22.4 Å². The Bertz CT molecular complexity index is 421. The molecular formula is C12H19N3O2S. The minimum Gasteiger partial charge on any atom is -0.378 e. The summed E-state index contributed by atoms with van der Waals surface area (Å²) in [5.74, 6) is -0.0444. The van der Waals surface area contributed by atoms with Crippen LogP contribution in [-0.4, -0.2) is 30.6 Å². The lowest BCUT2D eigenvalue weighted by Gasteiger charge is -2.12. The molecule has 0 radical (unpaired) electrons. The number of carbonyl (C=O) groups excluding carboxylic acids is 1. The van der Waals surface area contributed by atoms with E-state index in [4.69, 9.17) is 4.74 Å². The Morgan fingerprint density at radius 2 is 2.44 bits per heavy atom. The van der Waals surface area contributed by atoms with Crippen molar-refractivity contribution in [1.82, 2.24) is 10.3 Å². The van der Waals surface area contributed by atoms with Crippen LogP contribution in [0.25, 0.3) is 0 Å². The summed E-state index contributed by atoms with van der Waals surface area (Å²) in [4.78, 5) is 16.4. The summed E-state index contributed by atoms with van der Waals surface area (Å²) in [6, 6.07) is 0.195. The third-order valence-electron chi connectivity index (χ3n) is 3.34. The predicted molar refractivity (Wildman–Crippen MR) is 71.7 cm³/mol. The molecule has 0 aliphatic carbocycles. The molecule has 3 unspecified atom stereocenters. The fourth-order valence-corrected chi connectivity index (χ4v) is 2.77. The molecule has 1 aliphatic rings. The van der Waals surface area contributed by atoms with E-state index in [9.17, 15) is 4.79 Å². The van der Waals surface area contributed by atoms with E-state index in [1.165, 1.54) is 11.3 Å². The van der Waals surface area contributed by atoms with Crippen LogP contribution in [0.4, 0.5) is 5.13 Å². The number of amides is 1. The molecule has 0 bridgehead atoms. The molecule has 100 valence electrons. The van der Waals surface area contributed by atoms with Crippen molar-refractivity contribution in [1.29, 1.82) is 0 Å². The van der Waals surface area contributed by atoms with Crippen LogP contribution in [0.15, 0.2) is 5.38 Å². The van der Waals surface area contributed by atoms with Gasteiger partial charge < -0.3 is 15.4 Å². The van der Waals surface area contributed by atoms with E-state index in [-0.39, 0.29) is 24.0 Å². The largest absolute Gasteiger partial charge is 0.378 e. The van der Waals surface area contributed by atoms with Crippen LogP contribution in [0.5, 0.6) is 0 Å². The van der Waals surface area contributed by atoms with Gasteiger partial charge in [0, 0.05) is 18.0 Å². The maximum Gasteiger partial charge on any atom is 0.231 e. The lowest BCUT2D eigenvalue weighted by atomic mass is 10.0. The average molecular weight is 269 g/mol. The normalized spacial score (nSPS) is 25.1. The van der Waals surface area contributed by atoms with Crippen LogP contribution in [0, 0.1) is 5.92 Å². The summed E-state index contributed by atoms with van der Waals surface area (Å²) >= 11 is 1.46. The van der Waals surface area contributed by atoms with Gasteiger partial charge in [0.2, 0.25) is 5.91 Å². The molecular weight excluding hydrogens is 250 g/mol. The fraction of sp³-hybridized carbons (Fsp3) is 0.667. The topological polar surface area (TPSA) is 63.2 Å². The molecule has 1 amide bonds. The van der Waals surface area contributed by atoms with Gasteiger partial charge >= 0.3 is 0 Å². The van der Waals surface area contributed by atoms with E-state index in [2.05, 4.69) is 15.6 Å². The predicted octanol–water partition coefficient (Wildman–Crippen LogP) is 1.79. The molecule has 1 aromatic heterocycles. The van der Waals surface area contributed by atoms with E-state index in [0.29, 0.717) is 11.7 Å². The number of ether oxygens (including phenoxy) is 1. The van der Waals surface area contributed by atoms with Gasteiger partial charge in [0.15, 0.2) is 5.13 Å². The third kappa shape index (κ3) is 2.88. The first-order valence-corrected chi connectivity index (χ1v) is 7.05. The van der Waals surface area contributed by atoms with Crippen LogP contribution in [-0.2, 0) is 9.53 Å². The van der Waals surface area contributed by atoms with E-state index in [1.807, 2.05) is 26.3 Å². The number of hydrogen-bond donors (Lipinski definition) is 2. The molecule has 1 fully saturated rings. The van der Waals surface area contributed by atoms with Crippen molar-refractivity contribution in [3.63, 3.8) is 0 Å². The number of nitrogens with one attached hydrogen (secondary N) is 2. The average Bonchev–Trinajstić information content (AvgIpc) is 2.97. The molecule has 2 heterocycles. The fourth-order valence-electron chi connectivity index (χ4n) is 1.96. The molecule has 1 saturated heterocycles. The van der Waals surface area contributed by atoms with Gasteiger partial charge in [-0.25, -0.2) is 4.98 Å². The highest BCUT2D eigenvalue weighted by atomic mass is 32.1. The SMILES string of the molecule is CNC(C)c1csc(NC(=O)C2CCOC2C)n1. The number of hydrogen-bond acceptors (Lipinski definition) is 5. The first kappa shape index (κ1) is 13.5. The molecule has 0 aromatic carbocycles. The van der Waals surface area contributed by atoms with Gasteiger partial charge in [-0.05, 0) is 27.3 Å². The number of rotatable bonds is 4. The number of thiazole rings is 1. The highest BCUT2D eigenvalue weighted by Crippen LogP contribution is 2.24. The first-order chi connectivity index (χ1) is 8.61. The van der Waals surface area contributed by atoms with Crippen molar-refractivity contribution in [3.05, 3.63) is 11.1 Å². The summed E-state index contributed by atoms with van der Waals surface area (Å²) < 4.78 is 5.40. The Morgan fingerprint density at radius 1 is 1.67 bits per heavy atom. The molecule has 0 saturated carbocycles. The Morgan fingerprint density at radius 3 is 3.06 bits per heavy atom. The molecule has 1 aliphatic heterocycles. The number of anilines is 1. The minimum atomic E-state index is -0.0564. The van der Waals surface area contributed by atoms with Crippen molar-refractivity contribution in [2.75, 3.05) is 19.0 Å². The van der Waals surface area contributed by atoms with Gasteiger partial charge in [0.05, 0.1) is 17.7 Å². The molecule has 3 atom stereocenters. The Hall–Kier alpha value is -0.980. The number of carbonyl (C=O) groups is 1. The molecule has 2 rings (SSSR count). The Labute approximate surface area is 111 Å². The van der Waals surface area contributed by atoms with E-state index >= 15 is 0 Å². The van der Waals surface area contributed by atoms with Crippen molar-refractivity contribution in [2.45, 2.75) is 32.4 Å². The zero-order valence-electron chi connectivity index (χ0n) is 10.9. The summed E-state index contributed by atoms with van der Waals surface area (Å²) in [5.41, 5.74) is 0.952. The highest BCUT2D eigenvalue weighted by Gasteiger charge is 2.31. The summed E-state index contributed by atoms with van der Waals surface area (Å²) in [7, 11) is 1.89. The van der Waals surface area contributed by atoms with Gasteiger partial charge in [0.1, 0.15) is 0 Å². The third-order valence-corrected chi connectivity index (χ3v) is 4.12. The summed E-state index contributed by atoms with van der Waals surface area (Å²) in [6.07, 6.45) is 0.790. The molecule has 5 nitrogen and oxygen atoms in total. The summed E-state index contributed by atoms with van der Waals surface area (Å²) in [5, 5.41) is 8.62. The molecule has 1 aromatic rings. The van der Waals surface area contributed by atoms with Gasteiger partial charge in [-0.2, -0.15) is 0 Å². The maximum absolute atomic E-state index is 12.0. The van der Waals surface area contributed by atoms with Crippen LogP contribution in [0.1, 0.15) is 32.0 Å². The van der Waals surface area contributed by atoms with Crippen molar-refractivity contribution in [3.8, 4) is 0 Å². The lowest BCUT2D eigenvalue weighted by molar-refractivity contribution is -0.121. The Kier molecular flexibility index (Phi) is 4.31. The second kappa shape index (κ2) is 5.77. The van der Waals surface area contributed by atoms with Crippen LogP contribution in [0.3, 0.4) is 0 Å². The van der Waals surface area contributed by atoms with Crippen molar-refractivity contribution < 1.29 is 9.53 Å². The molecule has 18 heavy (non-hydrogen) atoms. The van der Waals surface area contributed by atoms with Gasteiger partial charge in [0.25, 0.3) is 0 Å². The second-order valence-electron chi connectivity index (χ2n) is 4.55. The Balaban J connectivity index is 1.97. The minimum absolute atomic E-state index is 0.000615. The van der Waals surface area contributed by atoms with E-state index in [1.54, 1.807) is 0 Å². The quantitative estimate of drug-likeness (QED) is 0.874. The smallest absolute Gasteiger partial charge is 0.231 e. The monoisotopic (exact) mass is 269 g/mol. The molecule has 0 spiro atoms. The zero-order chi connectivity index (χ0) is 13.1. The van der Waals surface area contributed by atoms with Crippen LogP contribution in [0.2, 0.25) is 0 Å². The standard InChI is InChI=1S/C12H19N3O2S/c1-7(13-3)10-6-18-12(14-10)15-11(16)9-4-5-17-8(9)2/h6-9,13H,4-5H2,1-3H3,(H,14,15,16). The highest BCUT2D eigenvalue weighted by molar-refractivity contribution is 7.13.